The highest BCUT2D eigenvalue weighted by atomic mass is 32.3. The highest BCUT2D eigenvalue weighted by molar-refractivity contribution is 7.95. The lowest BCUT2D eigenvalue weighted by Gasteiger charge is -2.23. The van der Waals surface area contributed by atoms with E-state index in [1.165, 1.54) is 6.07 Å². The Balaban J connectivity index is 2.22. The number of sulfonamides is 1. The Hall–Kier alpha value is -1.17. The van der Waals surface area contributed by atoms with E-state index >= 15 is 0 Å². The highest BCUT2D eigenvalue weighted by Gasteiger charge is 2.38. The number of sulfone groups is 1. The van der Waals surface area contributed by atoms with Crippen molar-refractivity contribution in [1.29, 1.82) is 0 Å². The van der Waals surface area contributed by atoms with Crippen LogP contribution in [0, 0.1) is 5.92 Å². The number of anilines is 1. The van der Waals surface area contributed by atoms with E-state index < -0.39 is 25.1 Å². The predicted molar refractivity (Wildman–Crippen MR) is 87.6 cm³/mol. The van der Waals surface area contributed by atoms with E-state index in [0.717, 1.165) is 0 Å². The van der Waals surface area contributed by atoms with E-state index in [0.29, 0.717) is 17.9 Å². The molecule has 0 aromatic carbocycles. The number of hydrogen-bond acceptors (Lipinski definition) is 7. The second kappa shape index (κ2) is 6.38. The smallest absolute Gasteiger partial charge is 0.247 e. The third-order valence-corrected chi connectivity index (χ3v) is 8.54. The summed E-state index contributed by atoms with van der Waals surface area (Å²) in [4.78, 5) is 11.9. The van der Waals surface area contributed by atoms with Crippen LogP contribution in [-0.4, -0.2) is 41.1 Å². The summed E-state index contributed by atoms with van der Waals surface area (Å²) in [5, 5.41) is 9.64. The van der Waals surface area contributed by atoms with E-state index in [1.54, 1.807) is 0 Å². The Morgan fingerprint density at radius 3 is 2.74 bits per heavy atom. The summed E-state index contributed by atoms with van der Waals surface area (Å²) in [6.45, 7) is 4.39. The minimum atomic E-state index is -3.97. The molecule has 2 heterocycles. The molecule has 0 aliphatic carbocycles. The fourth-order valence-corrected chi connectivity index (χ4v) is 6.40. The van der Waals surface area contributed by atoms with E-state index in [-0.39, 0.29) is 38.9 Å². The molecule has 2 rings (SSSR count). The third-order valence-electron chi connectivity index (χ3n) is 3.29. The summed E-state index contributed by atoms with van der Waals surface area (Å²) < 4.78 is 47.6. The molecule has 4 N–H and O–H groups in total. The van der Waals surface area contributed by atoms with Crippen LogP contribution in [0.4, 0.5) is 5.69 Å². The number of carbonyl (C=O) groups is 1. The number of rotatable bonds is 5. The van der Waals surface area contributed by atoms with Crippen LogP contribution in [0.25, 0.3) is 0 Å². The fourth-order valence-electron chi connectivity index (χ4n) is 2.09. The topological polar surface area (TPSA) is 135 Å². The van der Waals surface area contributed by atoms with Crippen molar-refractivity contribution in [3.63, 3.8) is 0 Å². The Kier molecular flexibility index (Phi) is 5.04. The first-order chi connectivity index (χ1) is 10.5. The minimum absolute atomic E-state index is 0.0468. The van der Waals surface area contributed by atoms with Gasteiger partial charge < -0.3 is 10.6 Å². The van der Waals surface area contributed by atoms with E-state index in [4.69, 9.17) is 5.14 Å². The van der Waals surface area contributed by atoms with Crippen LogP contribution >= 0.6 is 11.3 Å². The van der Waals surface area contributed by atoms with Gasteiger partial charge in [-0.15, -0.1) is 11.3 Å². The standard InChI is InChI=1S/C12H19N3O5S3/c1-7(2)5-15-10(16)3-8-6-14-9-4-11(23(13,19)20)21-12(9)22(8,17)18/h4,7-8,14H,3,5-6H2,1-2H3,(H,15,16)(H2,13,19,20). The zero-order valence-corrected chi connectivity index (χ0v) is 15.1. The van der Waals surface area contributed by atoms with E-state index in [1.807, 2.05) is 13.8 Å². The maximum absolute atomic E-state index is 12.6. The predicted octanol–water partition coefficient (Wildman–Crippen LogP) is 0.126. The summed E-state index contributed by atoms with van der Waals surface area (Å²) in [5.41, 5.74) is 0.220. The Labute approximate surface area is 139 Å². The summed E-state index contributed by atoms with van der Waals surface area (Å²) in [7, 11) is -7.75. The molecule has 23 heavy (non-hydrogen) atoms. The van der Waals surface area contributed by atoms with Gasteiger partial charge in [0.05, 0.1) is 10.9 Å². The molecular formula is C12H19N3O5S3. The molecule has 0 saturated carbocycles. The third kappa shape index (κ3) is 4.03. The van der Waals surface area contributed by atoms with Crippen molar-refractivity contribution in [3.05, 3.63) is 6.07 Å². The van der Waals surface area contributed by atoms with Crippen molar-refractivity contribution in [1.82, 2.24) is 5.32 Å². The van der Waals surface area contributed by atoms with Crippen LogP contribution in [0.1, 0.15) is 20.3 Å². The zero-order valence-electron chi connectivity index (χ0n) is 12.7. The van der Waals surface area contributed by atoms with Crippen molar-refractivity contribution in [2.24, 2.45) is 11.1 Å². The molecule has 1 aliphatic heterocycles. The van der Waals surface area contributed by atoms with Crippen LogP contribution in [0.2, 0.25) is 0 Å². The highest BCUT2D eigenvalue weighted by Crippen LogP contribution is 2.39. The van der Waals surface area contributed by atoms with Crippen molar-refractivity contribution in [2.75, 3.05) is 18.4 Å². The number of carbonyl (C=O) groups excluding carboxylic acids is 1. The number of amides is 1. The number of primary sulfonamides is 1. The Morgan fingerprint density at radius 2 is 2.17 bits per heavy atom. The van der Waals surface area contributed by atoms with Crippen LogP contribution in [0.5, 0.6) is 0 Å². The van der Waals surface area contributed by atoms with Gasteiger partial charge in [0, 0.05) is 19.5 Å². The lowest BCUT2D eigenvalue weighted by atomic mass is 10.2. The van der Waals surface area contributed by atoms with Crippen molar-refractivity contribution < 1.29 is 21.6 Å². The van der Waals surface area contributed by atoms with Gasteiger partial charge in [0.2, 0.25) is 15.9 Å². The Bertz CT molecular complexity index is 811. The van der Waals surface area contributed by atoms with Crippen LogP contribution < -0.4 is 15.8 Å². The number of hydrogen-bond donors (Lipinski definition) is 3. The first-order valence-electron chi connectivity index (χ1n) is 6.93. The van der Waals surface area contributed by atoms with Gasteiger partial charge >= 0.3 is 0 Å². The molecule has 1 amide bonds. The molecule has 1 aromatic heterocycles. The first kappa shape index (κ1) is 18.2. The molecule has 8 nitrogen and oxygen atoms in total. The quantitative estimate of drug-likeness (QED) is 0.663. The molecule has 0 radical (unpaired) electrons. The van der Waals surface area contributed by atoms with Gasteiger partial charge in [0.1, 0.15) is 8.42 Å². The normalized spacial score (nSPS) is 19.9. The fraction of sp³-hybridized carbons (Fsp3) is 0.583. The molecule has 1 atom stereocenters. The SMILES string of the molecule is CC(C)CNC(=O)CC1CNc2cc(S(N)(=O)=O)sc2S1(=O)=O. The number of nitrogens with one attached hydrogen (secondary N) is 2. The van der Waals surface area contributed by atoms with Crippen molar-refractivity contribution in [3.8, 4) is 0 Å². The van der Waals surface area contributed by atoms with Crippen molar-refractivity contribution in [2.45, 2.75) is 33.9 Å². The van der Waals surface area contributed by atoms with Crippen LogP contribution in [0.15, 0.2) is 14.5 Å². The van der Waals surface area contributed by atoms with Gasteiger partial charge in [-0.2, -0.15) is 0 Å². The first-order valence-corrected chi connectivity index (χ1v) is 10.8. The molecule has 0 saturated heterocycles. The second-order valence-corrected chi connectivity index (χ2v) is 11.0. The lowest BCUT2D eigenvalue weighted by molar-refractivity contribution is -0.121. The zero-order chi connectivity index (χ0) is 17.4. The largest absolute Gasteiger partial charge is 0.382 e. The van der Waals surface area contributed by atoms with Gasteiger partial charge in [0.25, 0.3) is 0 Å². The summed E-state index contributed by atoms with van der Waals surface area (Å²) in [5.74, 6) is -0.0815. The number of nitrogens with two attached hydrogens (primary N) is 1. The maximum atomic E-state index is 12.6. The molecular weight excluding hydrogens is 362 g/mol. The van der Waals surface area contributed by atoms with Gasteiger partial charge in [-0.1, -0.05) is 13.8 Å². The molecule has 0 bridgehead atoms. The second-order valence-electron chi connectivity index (χ2n) is 5.76. The van der Waals surface area contributed by atoms with Gasteiger partial charge in [-0.25, -0.2) is 22.0 Å². The van der Waals surface area contributed by atoms with Gasteiger partial charge in [-0.05, 0) is 12.0 Å². The molecule has 1 unspecified atom stereocenters. The summed E-state index contributed by atoms with van der Waals surface area (Å²) in [6.07, 6.45) is -0.176. The van der Waals surface area contributed by atoms with Gasteiger partial charge in [-0.3, -0.25) is 4.79 Å². The van der Waals surface area contributed by atoms with Crippen molar-refractivity contribution >= 4 is 42.8 Å². The monoisotopic (exact) mass is 381 g/mol. The summed E-state index contributed by atoms with van der Waals surface area (Å²) in [6, 6.07) is 1.21. The lowest BCUT2D eigenvalue weighted by Crippen LogP contribution is -2.39. The molecule has 11 heteroatoms. The van der Waals surface area contributed by atoms with E-state index in [2.05, 4.69) is 10.6 Å². The average Bonchev–Trinajstić information content (AvgIpc) is 2.85. The van der Waals surface area contributed by atoms with Crippen LogP contribution in [0.3, 0.4) is 0 Å². The number of thiophene rings is 1. The molecule has 0 spiro atoms. The molecule has 0 fully saturated rings. The molecule has 1 aliphatic rings. The number of fused-ring (bicyclic) bond motifs is 1. The van der Waals surface area contributed by atoms with Gasteiger partial charge in [0.15, 0.2) is 9.84 Å². The van der Waals surface area contributed by atoms with E-state index in [9.17, 15) is 21.6 Å². The molecule has 1 aromatic rings. The van der Waals surface area contributed by atoms with Crippen LogP contribution in [-0.2, 0) is 24.7 Å². The molecule has 130 valence electrons. The maximum Gasteiger partial charge on any atom is 0.247 e. The average molecular weight is 382 g/mol. The Morgan fingerprint density at radius 1 is 1.52 bits per heavy atom. The summed E-state index contributed by atoms with van der Waals surface area (Å²) >= 11 is 0.603. The minimum Gasteiger partial charge on any atom is -0.382 e.